The number of nitrogens with zero attached hydrogens (tertiary/aromatic N) is 1. The van der Waals surface area contributed by atoms with Gasteiger partial charge in [-0.15, -0.1) is 0 Å². The Hall–Kier alpha value is -1.36. The van der Waals surface area contributed by atoms with E-state index in [1.165, 1.54) is 11.1 Å². The van der Waals surface area contributed by atoms with E-state index in [0.29, 0.717) is 6.42 Å². The summed E-state index contributed by atoms with van der Waals surface area (Å²) in [5.41, 5.74) is 4.76. The molecule has 1 aliphatic carbocycles. The minimum atomic E-state index is -2.38. The van der Waals surface area contributed by atoms with Gasteiger partial charge in [-0.2, -0.15) is 0 Å². The van der Waals surface area contributed by atoms with Gasteiger partial charge in [0.25, 0.3) is 0 Å². The summed E-state index contributed by atoms with van der Waals surface area (Å²) >= 11 is 0. The first-order valence-corrected chi connectivity index (χ1v) is 10.2. The molecule has 0 bridgehead atoms. The summed E-state index contributed by atoms with van der Waals surface area (Å²) in [4.78, 5) is 2.24. The molecule has 0 aromatic heterocycles. The monoisotopic (exact) mass is 398 g/mol. The van der Waals surface area contributed by atoms with Crippen LogP contribution >= 0.6 is 0 Å². The number of rotatable bonds is 3. The maximum absolute atomic E-state index is 11.1. The number of aryl methyl sites for hydroxylation is 2. The van der Waals surface area contributed by atoms with Gasteiger partial charge < -0.3 is 23.1 Å². The summed E-state index contributed by atoms with van der Waals surface area (Å²) in [7, 11) is -2.38. The molecule has 7 heteroatoms. The molecule has 27 heavy (non-hydrogen) atoms. The molecule has 2 aromatic carbocycles. The van der Waals surface area contributed by atoms with Gasteiger partial charge in [-0.05, 0) is 66.3 Å². The van der Waals surface area contributed by atoms with Gasteiger partial charge in [-0.3, -0.25) is 0 Å². The zero-order valence-electron chi connectivity index (χ0n) is 15.1. The minimum Gasteiger partial charge on any atom is -0.409 e. The fraction of sp³-hybridized carbons (Fsp3) is 0.400. The molecule has 1 aliphatic heterocycles. The van der Waals surface area contributed by atoms with E-state index in [1.54, 1.807) is 0 Å². The van der Waals surface area contributed by atoms with E-state index in [1.807, 2.05) is 12.1 Å². The van der Waals surface area contributed by atoms with Crippen molar-refractivity contribution in [2.75, 3.05) is 4.90 Å². The minimum absolute atomic E-state index is 0. The number of aliphatic hydroxyl groups excluding tert-OH is 1. The van der Waals surface area contributed by atoms with Crippen LogP contribution in [0.1, 0.15) is 30.4 Å². The summed E-state index contributed by atoms with van der Waals surface area (Å²) in [5, 5.41) is 11.0. The van der Waals surface area contributed by atoms with Crippen LogP contribution in [0.25, 0.3) is 0 Å². The SMILES string of the molecule is O=[S-](=O)N[C@H]1CCC[C@@H](N2c3ccccc3CCc3ccccc32)[C@@H]1O.[Al+]. The standard InChI is InChI=1S/C20H23N2O3S.Al/c23-20-16(21-26(24)25)8-5-11-19(20)22-17-9-3-1-6-14(17)12-13-15-7-2-4-10-18(15)22;/h1-4,6-7,9-10,16,19-20,23H,5,8,11-13H2,(H,21,24,25);/q-1;+1/t16-,19+,20+;/m0./s1. The molecule has 140 valence electrons. The molecule has 2 radical (unpaired) electrons. The maximum Gasteiger partial charge on any atom is 1.00 e. The zero-order valence-corrected chi connectivity index (χ0v) is 17.1. The Kier molecular flexibility index (Phi) is 6.62. The van der Waals surface area contributed by atoms with Crippen molar-refractivity contribution in [2.24, 2.45) is 0 Å². The van der Waals surface area contributed by atoms with Crippen molar-refractivity contribution in [3.8, 4) is 0 Å². The Morgan fingerprint density at radius 1 is 0.926 bits per heavy atom. The molecule has 1 fully saturated rings. The van der Waals surface area contributed by atoms with E-state index in [4.69, 9.17) is 0 Å². The predicted octanol–water partition coefficient (Wildman–Crippen LogP) is 2.64. The van der Waals surface area contributed by atoms with Gasteiger partial charge in [0.05, 0.1) is 12.1 Å². The average Bonchev–Trinajstić information content (AvgIpc) is 2.80. The third kappa shape index (κ3) is 4.08. The summed E-state index contributed by atoms with van der Waals surface area (Å²) in [6.45, 7) is 0. The second-order valence-electron chi connectivity index (χ2n) is 7.08. The number of nitrogens with one attached hydrogen (secondary N) is 1. The normalized spacial score (nSPS) is 24.5. The molecule has 3 atom stereocenters. The zero-order chi connectivity index (χ0) is 18.1. The van der Waals surface area contributed by atoms with Gasteiger partial charge in [0.15, 0.2) is 0 Å². The largest absolute Gasteiger partial charge is 1.00 e. The fourth-order valence-electron chi connectivity index (χ4n) is 4.36. The molecule has 2 N–H and O–H groups in total. The van der Waals surface area contributed by atoms with Gasteiger partial charge in [0.1, 0.15) is 0 Å². The van der Waals surface area contributed by atoms with Crippen LogP contribution in [0.2, 0.25) is 0 Å². The van der Waals surface area contributed by atoms with Gasteiger partial charge in [0, 0.05) is 17.4 Å². The van der Waals surface area contributed by atoms with Gasteiger partial charge in [-0.1, -0.05) is 36.4 Å². The molecule has 1 heterocycles. The Bertz CT molecular complexity index is 818. The second kappa shape index (κ2) is 8.76. The van der Waals surface area contributed by atoms with Crippen LogP contribution in [0.5, 0.6) is 0 Å². The first-order valence-electron chi connectivity index (χ1n) is 9.13. The predicted molar refractivity (Wildman–Crippen MR) is 107 cm³/mol. The number of anilines is 2. The van der Waals surface area contributed by atoms with Crippen molar-refractivity contribution >= 4 is 39.6 Å². The fourth-order valence-corrected chi connectivity index (χ4v) is 4.87. The van der Waals surface area contributed by atoms with Crippen molar-refractivity contribution in [3.63, 3.8) is 0 Å². The van der Waals surface area contributed by atoms with Crippen LogP contribution in [0, 0.1) is 0 Å². The third-order valence-electron chi connectivity index (χ3n) is 5.57. The molecular formula is C20H23AlN2O3S. The van der Waals surface area contributed by atoms with Crippen LogP contribution in [0.3, 0.4) is 0 Å². The van der Waals surface area contributed by atoms with E-state index in [-0.39, 0.29) is 23.4 Å². The Labute approximate surface area is 172 Å². The second-order valence-corrected chi connectivity index (χ2v) is 7.78. The smallest absolute Gasteiger partial charge is 0.409 e. The van der Waals surface area contributed by atoms with Gasteiger partial charge >= 0.3 is 17.4 Å². The summed E-state index contributed by atoms with van der Waals surface area (Å²) < 4.78 is 24.7. The Morgan fingerprint density at radius 3 is 2.04 bits per heavy atom. The quantitative estimate of drug-likeness (QED) is 0.616. The van der Waals surface area contributed by atoms with Crippen molar-refractivity contribution in [2.45, 2.75) is 50.3 Å². The number of para-hydroxylation sites is 2. The first kappa shape index (κ1) is 20.4. The van der Waals surface area contributed by atoms with E-state index in [9.17, 15) is 13.5 Å². The Morgan fingerprint density at radius 2 is 1.48 bits per heavy atom. The Balaban J connectivity index is 0.00000210. The van der Waals surface area contributed by atoms with E-state index >= 15 is 0 Å². The first-order chi connectivity index (χ1) is 12.6. The van der Waals surface area contributed by atoms with Crippen molar-refractivity contribution in [1.82, 2.24) is 4.72 Å². The van der Waals surface area contributed by atoms with E-state index in [2.05, 4.69) is 46.0 Å². The molecule has 2 aromatic rings. The molecule has 0 amide bonds. The molecule has 2 aliphatic rings. The summed E-state index contributed by atoms with van der Waals surface area (Å²) in [6, 6.07) is 16.0. The number of aliphatic hydroxyl groups is 1. The average molecular weight is 398 g/mol. The maximum atomic E-state index is 11.1. The van der Waals surface area contributed by atoms with Crippen LogP contribution in [0.4, 0.5) is 11.4 Å². The number of hydrogen-bond acceptors (Lipinski definition) is 5. The van der Waals surface area contributed by atoms with E-state index < -0.39 is 23.0 Å². The van der Waals surface area contributed by atoms with Crippen LogP contribution < -0.4 is 9.62 Å². The topological polar surface area (TPSA) is 69.6 Å². The van der Waals surface area contributed by atoms with Crippen LogP contribution in [-0.4, -0.2) is 40.7 Å². The number of benzene rings is 2. The van der Waals surface area contributed by atoms with Crippen LogP contribution in [0.15, 0.2) is 48.5 Å². The van der Waals surface area contributed by atoms with Crippen molar-refractivity contribution < 1.29 is 13.5 Å². The molecule has 0 unspecified atom stereocenters. The summed E-state index contributed by atoms with van der Waals surface area (Å²) in [6.07, 6.45) is 3.51. The molecule has 1 saturated carbocycles. The van der Waals surface area contributed by atoms with Gasteiger partial charge in [0.2, 0.25) is 0 Å². The summed E-state index contributed by atoms with van der Waals surface area (Å²) in [5.74, 6) is 0. The van der Waals surface area contributed by atoms with Crippen molar-refractivity contribution in [3.05, 3.63) is 59.7 Å². The molecular weight excluding hydrogens is 375 g/mol. The molecule has 0 spiro atoms. The third-order valence-corrected chi connectivity index (χ3v) is 6.06. The molecule has 5 nitrogen and oxygen atoms in total. The van der Waals surface area contributed by atoms with Gasteiger partial charge in [-0.25, -0.2) is 0 Å². The van der Waals surface area contributed by atoms with Crippen molar-refractivity contribution in [1.29, 1.82) is 0 Å². The van der Waals surface area contributed by atoms with Crippen LogP contribution in [-0.2, 0) is 32.1 Å². The number of hydrogen-bond donors (Lipinski definition) is 2. The molecule has 0 saturated heterocycles. The molecule has 4 rings (SSSR count). The van der Waals surface area contributed by atoms with E-state index in [0.717, 1.165) is 37.1 Å². The number of fused-ring (bicyclic) bond motifs is 2.